The van der Waals surface area contributed by atoms with E-state index >= 15 is 0 Å². The number of carbonyl (C=O) groups excluding carboxylic acids is 1. The first-order chi connectivity index (χ1) is 12.0. The van der Waals surface area contributed by atoms with Gasteiger partial charge in [-0.3, -0.25) is 9.59 Å². The summed E-state index contributed by atoms with van der Waals surface area (Å²) in [5.74, 6) is 6.38. The number of likely N-dealkylation sites (tertiary alicyclic amines) is 1. The second-order valence-electron chi connectivity index (χ2n) is 6.93. The standard InChI is InChI=1S/C21H33NO3/c1-3-4-7-11-18(2)12-10-13-19-15-16-20(23)22(19)17-9-6-5-8-14-21(24)25/h10,13,18-19H,3,5-6,8-9,11-12,14-17H2,1-2H3,(H,24,25)/b13-10+. The van der Waals surface area contributed by atoms with E-state index in [4.69, 9.17) is 5.11 Å². The average Bonchev–Trinajstić information content (AvgIpc) is 2.91. The van der Waals surface area contributed by atoms with Crippen molar-refractivity contribution in [2.24, 2.45) is 5.92 Å². The number of rotatable bonds is 11. The van der Waals surface area contributed by atoms with Crippen molar-refractivity contribution in [3.05, 3.63) is 12.2 Å². The summed E-state index contributed by atoms with van der Waals surface area (Å²) >= 11 is 0. The third-order valence-corrected chi connectivity index (χ3v) is 4.56. The number of amides is 1. The molecule has 1 saturated heterocycles. The van der Waals surface area contributed by atoms with Crippen LogP contribution in [0.4, 0.5) is 0 Å². The second kappa shape index (κ2) is 12.6. The van der Waals surface area contributed by atoms with Gasteiger partial charge in [0.25, 0.3) is 0 Å². The fraction of sp³-hybridized carbons (Fsp3) is 0.714. The molecule has 1 fully saturated rings. The molecule has 4 heteroatoms. The summed E-state index contributed by atoms with van der Waals surface area (Å²) in [6.07, 6.45) is 12.7. The van der Waals surface area contributed by atoms with E-state index in [0.717, 1.165) is 57.9 Å². The van der Waals surface area contributed by atoms with E-state index < -0.39 is 5.97 Å². The summed E-state index contributed by atoms with van der Waals surface area (Å²) in [6.45, 7) is 5.07. The number of carboxylic acids is 1. The van der Waals surface area contributed by atoms with E-state index in [-0.39, 0.29) is 18.4 Å². The minimum Gasteiger partial charge on any atom is -0.481 e. The number of hydrogen-bond acceptors (Lipinski definition) is 2. The van der Waals surface area contributed by atoms with E-state index in [1.165, 1.54) is 0 Å². The van der Waals surface area contributed by atoms with Crippen molar-refractivity contribution in [3.8, 4) is 11.8 Å². The smallest absolute Gasteiger partial charge is 0.303 e. The minimum absolute atomic E-state index is 0.237. The first-order valence-corrected chi connectivity index (χ1v) is 9.68. The lowest BCUT2D eigenvalue weighted by molar-refractivity contribution is -0.137. The van der Waals surface area contributed by atoms with Crippen molar-refractivity contribution in [1.82, 2.24) is 4.90 Å². The van der Waals surface area contributed by atoms with Crippen LogP contribution in [-0.4, -0.2) is 34.5 Å². The highest BCUT2D eigenvalue weighted by atomic mass is 16.4. The van der Waals surface area contributed by atoms with Gasteiger partial charge in [0, 0.05) is 32.2 Å². The average molecular weight is 347 g/mol. The fourth-order valence-corrected chi connectivity index (χ4v) is 3.08. The van der Waals surface area contributed by atoms with Crippen LogP contribution in [-0.2, 0) is 9.59 Å². The molecule has 1 heterocycles. The molecule has 0 aromatic carbocycles. The normalized spacial score (nSPS) is 18.4. The van der Waals surface area contributed by atoms with Crippen molar-refractivity contribution < 1.29 is 14.7 Å². The van der Waals surface area contributed by atoms with Gasteiger partial charge in [0.15, 0.2) is 0 Å². The number of aliphatic carboxylic acids is 1. The molecule has 0 saturated carbocycles. The Morgan fingerprint density at radius 1 is 1.32 bits per heavy atom. The van der Waals surface area contributed by atoms with E-state index in [9.17, 15) is 9.59 Å². The topological polar surface area (TPSA) is 57.6 Å². The minimum atomic E-state index is -0.727. The summed E-state index contributed by atoms with van der Waals surface area (Å²) in [5.41, 5.74) is 0. The SMILES string of the molecule is CCC#CCC(C)C/C=C/C1CCC(=O)N1CCCCCCC(=O)O. The van der Waals surface area contributed by atoms with Crippen LogP contribution in [0.5, 0.6) is 0 Å². The molecule has 0 aromatic rings. The van der Waals surface area contributed by atoms with Crippen LogP contribution < -0.4 is 0 Å². The zero-order chi connectivity index (χ0) is 18.5. The Hall–Kier alpha value is -1.76. The number of unbranched alkanes of at least 4 members (excludes halogenated alkanes) is 3. The molecular weight excluding hydrogens is 314 g/mol. The van der Waals surface area contributed by atoms with Crippen LogP contribution in [0.2, 0.25) is 0 Å². The van der Waals surface area contributed by atoms with Crippen LogP contribution in [0.3, 0.4) is 0 Å². The monoisotopic (exact) mass is 347 g/mol. The number of allylic oxidation sites excluding steroid dienone is 1. The van der Waals surface area contributed by atoms with Gasteiger partial charge in [-0.05, 0) is 31.6 Å². The molecule has 1 N–H and O–H groups in total. The molecule has 0 aliphatic carbocycles. The van der Waals surface area contributed by atoms with Gasteiger partial charge in [0.05, 0.1) is 6.04 Å². The zero-order valence-corrected chi connectivity index (χ0v) is 15.8. The molecule has 4 nitrogen and oxygen atoms in total. The maximum atomic E-state index is 12.1. The molecule has 0 radical (unpaired) electrons. The molecule has 1 amide bonds. The molecule has 0 aromatic heterocycles. The summed E-state index contributed by atoms with van der Waals surface area (Å²) in [6, 6.07) is 0.237. The predicted octanol–water partition coefficient (Wildman–Crippen LogP) is 4.40. The first-order valence-electron chi connectivity index (χ1n) is 9.68. The van der Waals surface area contributed by atoms with E-state index in [2.05, 4.69) is 37.8 Å². The van der Waals surface area contributed by atoms with Crippen molar-refractivity contribution in [1.29, 1.82) is 0 Å². The largest absolute Gasteiger partial charge is 0.481 e. The molecule has 1 rings (SSSR count). The van der Waals surface area contributed by atoms with Crippen LogP contribution in [0, 0.1) is 17.8 Å². The molecule has 140 valence electrons. The van der Waals surface area contributed by atoms with Gasteiger partial charge in [0.1, 0.15) is 0 Å². The quantitative estimate of drug-likeness (QED) is 0.342. The van der Waals surface area contributed by atoms with Crippen LogP contribution in [0.25, 0.3) is 0 Å². The van der Waals surface area contributed by atoms with Crippen LogP contribution in [0.1, 0.15) is 78.1 Å². The number of carbonyl (C=O) groups is 2. The van der Waals surface area contributed by atoms with Crippen LogP contribution >= 0.6 is 0 Å². The maximum Gasteiger partial charge on any atom is 0.303 e. The van der Waals surface area contributed by atoms with Gasteiger partial charge in [0.2, 0.25) is 5.91 Å². The number of nitrogens with zero attached hydrogens (tertiary/aromatic N) is 1. The van der Waals surface area contributed by atoms with E-state index in [1.54, 1.807) is 0 Å². The van der Waals surface area contributed by atoms with Crippen molar-refractivity contribution in [3.63, 3.8) is 0 Å². The molecule has 1 aliphatic rings. The molecule has 0 spiro atoms. The molecule has 2 unspecified atom stereocenters. The van der Waals surface area contributed by atoms with Gasteiger partial charge in [-0.15, -0.1) is 11.8 Å². The summed E-state index contributed by atoms with van der Waals surface area (Å²) in [7, 11) is 0. The second-order valence-corrected chi connectivity index (χ2v) is 6.93. The molecular formula is C21H33NO3. The Bertz CT molecular complexity index is 501. The lowest BCUT2D eigenvalue weighted by Crippen LogP contribution is -2.32. The number of carboxylic acid groups (broad SMARTS) is 1. The van der Waals surface area contributed by atoms with Gasteiger partial charge in [-0.25, -0.2) is 0 Å². The molecule has 2 atom stereocenters. The molecule has 1 aliphatic heterocycles. The Morgan fingerprint density at radius 2 is 2.08 bits per heavy atom. The lowest BCUT2D eigenvalue weighted by atomic mass is 10.0. The lowest BCUT2D eigenvalue weighted by Gasteiger charge is -2.22. The third kappa shape index (κ3) is 9.34. The van der Waals surface area contributed by atoms with Gasteiger partial charge >= 0.3 is 5.97 Å². The Labute approximate surface area is 152 Å². The van der Waals surface area contributed by atoms with Gasteiger partial charge < -0.3 is 10.0 Å². The summed E-state index contributed by atoms with van der Waals surface area (Å²) in [5, 5.41) is 8.63. The summed E-state index contributed by atoms with van der Waals surface area (Å²) in [4.78, 5) is 24.5. The van der Waals surface area contributed by atoms with E-state index in [0.29, 0.717) is 12.3 Å². The van der Waals surface area contributed by atoms with Crippen LogP contribution in [0.15, 0.2) is 12.2 Å². The highest BCUT2D eigenvalue weighted by Crippen LogP contribution is 2.21. The third-order valence-electron chi connectivity index (χ3n) is 4.56. The fourth-order valence-electron chi connectivity index (χ4n) is 3.08. The highest BCUT2D eigenvalue weighted by molar-refractivity contribution is 5.79. The van der Waals surface area contributed by atoms with Crippen molar-refractivity contribution in [2.45, 2.75) is 84.1 Å². The first kappa shape index (κ1) is 21.3. The van der Waals surface area contributed by atoms with Gasteiger partial charge in [-0.1, -0.05) is 38.8 Å². The van der Waals surface area contributed by atoms with Crippen molar-refractivity contribution in [2.75, 3.05) is 6.54 Å². The summed E-state index contributed by atoms with van der Waals surface area (Å²) < 4.78 is 0. The Kier molecular flexibility index (Phi) is 10.7. The van der Waals surface area contributed by atoms with E-state index in [1.807, 2.05) is 4.90 Å². The Balaban J connectivity index is 2.29. The van der Waals surface area contributed by atoms with Crippen molar-refractivity contribution >= 4 is 11.9 Å². The number of hydrogen-bond donors (Lipinski definition) is 1. The Morgan fingerprint density at radius 3 is 2.80 bits per heavy atom. The van der Waals surface area contributed by atoms with Gasteiger partial charge in [-0.2, -0.15) is 0 Å². The predicted molar refractivity (Wildman–Crippen MR) is 101 cm³/mol. The zero-order valence-electron chi connectivity index (χ0n) is 15.8. The highest BCUT2D eigenvalue weighted by Gasteiger charge is 2.28. The maximum absolute atomic E-state index is 12.1. The molecule has 25 heavy (non-hydrogen) atoms. The molecule has 0 bridgehead atoms.